The van der Waals surface area contributed by atoms with E-state index >= 15 is 0 Å². The van der Waals surface area contributed by atoms with Crippen LogP contribution in [0.5, 0.6) is 0 Å². The summed E-state index contributed by atoms with van der Waals surface area (Å²) in [7, 11) is 0. The quantitative estimate of drug-likeness (QED) is 0.656. The molecule has 0 aliphatic rings. The molecule has 0 bridgehead atoms. The molecule has 0 saturated heterocycles. The smallest absolute Gasteiger partial charge is 0.161 e. The number of imidazole rings is 1. The van der Waals surface area contributed by atoms with Gasteiger partial charge in [0.15, 0.2) is 5.65 Å². The first-order valence-corrected chi connectivity index (χ1v) is 9.07. The maximum absolute atomic E-state index is 12.1. The van der Waals surface area contributed by atoms with Crippen LogP contribution >= 0.6 is 11.6 Å². The molecule has 0 fully saturated rings. The topological polar surface area (TPSA) is 47.8 Å². The molecule has 0 unspecified atom stereocenters. The summed E-state index contributed by atoms with van der Waals surface area (Å²) in [5.74, 6) is 1.82. The summed E-state index contributed by atoms with van der Waals surface area (Å²) < 4.78 is 2.15. The van der Waals surface area contributed by atoms with Gasteiger partial charge in [0.1, 0.15) is 22.3 Å². The van der Waals surface area contributed by atoms with Crippen LogP contribution in [0.4, 0.5) is 0 Å². The molecule has 2 aromatic heterocycles. The SMILES string of the molecule is CC(C)Cn1c(CCCC(=O)CC(C)(C)C)nc2ccc(Cl)nc21. The maximum atomic E-state index is 12.1. The van der Waals surface area contributed by atoms with Crippen molar-refractivity contribution in [2.24, 2.45) is 11.3 Å². The van der Waals surface area contributed by atoms with E-state index in [1.807, 2.05) is 6.07 Å². The van der Waals surface area contributed by atoms with E-state index in [9.17, 15) is 4.79 Å². The first-order valence-electron chi connectivity index (χ1n) is 8.69. The molecule has 0 amide bonds. The lowest BCUT2D eigenvalue weighted by Gasteiger charge is -2.16. The Balaban J connectivity index is 2.12. The highest BCUT2D eigenvalue weighted by Gasteiger charge is 2.17. The third-order valence-corrected chi connectivity index (χ3v) is 3.98. The van der Waals surface area contributed by atoms with Gasteiger partial charge in [0.05, 0.1) is 0 Å². The summed E-state index contributed by atoms with van der Waals surface area (Å²) in [5.41, 5.74) is 1.77. The van der Waals surface area contributed by atoms with Gasteiger partial charge in [-0.2, -0.15) is 0 Å². The number of aryl methyl sites for hydroxylation is 1. The van der Waals surface area contributed by atoms with Crippen LogP contribution in [0, 0.1) is 11.3 Å². The number of aromatic nitrogens is 3. The minimum atomic E-state index is 0.0581. The Morgan fingerprint density at radius 3 is 2.58 bits per heavy atom. The number of fused-ring (bicyclic) bond motifs is 1. The summed E-state index contributed by atoms with van der Waals surface area (Å²) >= 11 is 6.05. The zero-order valence-electron chi connectivity index (χ0n) is 15.4. The number of ketones is 1. The van der Waals surface area contributed by atoms with Crippen LogP contribution in [-0.2, 0) is 17.8 Å². The average Bonchev–Trinajstić information content (AvgIpc) is 2.74. The number of Topliss-reactive ketones (excluding diaryl/α,β-unsaturated/α-hetero) is 1. The summed E-state index contributed by atoms with van der Waals surface area (Å²) in [6.45, 7) is 11.5. The molecule has 2 aromatic rings. The second-order valence-corrected chi connectivity index (χ2v) is 8.53. The molecule has 2 rings (SSSR count). The Labute approximate surface area is 149 Å². The number of nitrogens with zero attached hydrogens (tertiary/aromatic N) is 3. The van der Waals surface area contributed by atoms with E-state index in [1.165, 1.54) is 0 Å². The number of carbonyl (C=O) groups is 1. The van der Waals surface area contributed by atoms with Gasteiger partial charge in [-0.15, -0.1) is 0 Å². The predicted molar refractivity (Wildman–Crippen MR) is 99.4 cm³/mol. The van der Waals surface area contributed by atoms with Crippen LogP contribution in [0.3, 0.4) is 0 Å². The van der Waals surface area contributed by atoms with Crippen LogP contribution in [0.2, 0.25) is 5.15 Å². The molecule has 0 radical (unpaired) electrons. The van der Waals surface area contributed by atoms with Crippen LogP contribution in [0.15, 0.2) is 12.1 Å². The highest BCUT2D eigenvalue weighted by atomic mass is 35.5. The van der Waals surface area contributed by atoms with Gasteiger partial charge in [-0.3, -0.25) is 4.79 Å². The molecule has 0 saturated carbocycles. The van der Waals surface area contributed by atoms with E-state index in [2.05, 4.69) is 44.2 Å². The monoisotopic (exact) mass is 349 g/mol. The van der Waals surface area contributed by atoms with Gasteiger partial charge < -0.3 is 4.57 Å². The Morgan fingerprint density at radius 2 is 1.96 bits per heavy atom. The normalized spacial score (nSPS) is 12.3. The second-order valence-electron chi connectivity index (χ2n) is 8.14. The van der Waals surface area contributed by atoms with Gasteiger partial charge in [0, 0.05) is 25.8 Å². The fourth-order valence-electron chi connectivity index (χ4n) is 2.90. The first-order chi connectivity index (χ1) is 11.2. The Kier molecular flexibility index (Phi) is 6.02. The number of halogens is 1. The van der Waals surface area contributed by atoms with Gasteiger partial charge >= 0.3 is 0 Å². The van der Waals surface area contributed by atoms with E-state index in [0.717, 1.165) is 36.4 Å². The van der Waals surface area contributed by atoms with Crippen molar-refractivity contribution < 1.29 is 4.79 Å². The van der Waals surface area contributed by atoms with Gasteiger partial charge in [-0.05, 0) is 29.9 Å². The van der Waals surface area contributed by atoms with Crippen molar-refractivity contribution in [1.29, 1.82) is 0 Å². The fourth-order valence-corrected chi connectivity index (χ4v) is 3.04. The molecule has 2 heterocycles. The molecule has 4 nitrogen and oxygen atoms in total. The van der Waals surface area contributed by atoms with Crippen LogP contribution in [0.25, 0.3) is 11.2 Å². The zero-order valence-corrected chi connectivity index (χ0v) is 16.2. The number of carbonyl (C=O) groups excluding carboxylic acids is 1. The third kappa shape index (κ3) is 5.30. The fraction of sp³-hybridized carbons (Fsp3) is 0.632. The molecule has 132 valence electrons. The molecular weight excluding hydrogens is 322 g/mol. The van der Waals surface area contributed by atoms with Gasteiger partial charge in [-0.25, -0.2) is 9.97 Å². The van der Waals surface area contributed by atoms with Crippen molar-refractivity contribution in [3.8, 4) is 0 Å². The molecular formula is C19H28ClN3O. The van der Waals surface area contributed by atoms with Crippen molar-refractivity contribution in [3.05, 3.63) is 23.1 Å². The lowest BCUT2D eigenvalue weighted by molar-refractivity contribution is -0.120. The van der Waals surface area contributed by atoms with Crippen molar-refractivity contribution in [3.63, 3.8) is 0 Å². The molecule has 0 aliphatic heterocycles. The van der Waals surface area contributed by atoms with Crippen LogP contribution in [0.1, 0.15) is 59.7 Å². The van der Waals surface area contributed by atoms with E-state index in [0.29, 0.717) is 29.7 Å². The Bertz CT molecular complexity index is 713. The largest absolute Gasteiger partial charge is 0.312 e. The molecule has 0 atom stereocenters. The van der Waals surface area contributed by atoms with Gasteiger partial charge in [0.2, 0.25) is 0 Å². The first kappa shape index (κ1) is 18.9. The number of pyridine rings is 1. The van der Waals surface area contributed by atoms with Crippen molar-refractivity contribution in [2.45, 2.75) is 66.8 Å². The van der Waals surface area contributed by atoms with Gasteiger partial charge in [0.25, 0.3) is 0 Å². The lowest BCUT2D eigenvalue weighted by Crippen LogP contribution is -2.13. The average molecular weight is 350 g/mol. The van der Waals surface area contributed by atoms with Gasteiger partial charge in [-0.1, -0.05) is 46.2 Å². The second kappa shape index (κ2) is 7.64. The van der Waals surface area contributed by atoms with E-state index in [4.69, 9.17) is 16.6 Å². The van der Waals surface area contributed by atoms with Crippen molar-refractivity contribution in [1.82, 2.24) is 14.5 Å². The predicted octanol–water partition coefficient (Wildman–Crippen LogP) is 5.07. The number of hydrogen-bond donors (Lipinski definition) is 0. The molecule has 0 aliphatic carbocycles. The number of rotatable bonds is 7. The highest BCUT2D eigenvalue weighted by molar-refractivity contribution is 6.29. The summed E-state index contributed by atoms with van der Waals surface area (Å²) in [6, 6.07) is 3.68. The third-order valence-electron chi connectivity index (χ3n) is 3.77. The molecule has 5 heteroatoms. The molecule has 0 N–H and O–H groups in total. The number of hydrogen-bond acceptors (Lipinski definition) is 3. The highest BCUT2D eigenvalue weighted by Crippen LogP contribution is 2.22. The summed E-state index contributed by atoms with van der Waals surface area (Å²) in [6.07, 6.45) is 2.85. The van der Waals surface area contributed by atoms with Crippen molar-refractivity contribution in [2.75, 3.05) is 0 Å². The van der Waals surface area contributed by atoms with E-state index < -0.39 is 0 Å². The zero-order chi connectivity index (χ0) is 17.9. The summed E-state index contributed by atoms with van der Waals surface area (Å²) in [5, 5.41) is 0.485. The van der Waals surface area contributed by atoms with E-state index in [1.54, 1.807) is 6.07 Å². The standard InChI is InChI=1S/C19H28ClN3O/c1-13(2)12-23-17(8-6-7-14(24)11-19(3,4)5)21-15-9-10-16(20)22-18(15)23/h9-10,13H,6-8,11-12H2,1-5H3. The Hall–Kier alpha value is -1.42. The Morgan fingerprint density at radius 1 is 1.25 bits per heavy atom. The van der Waals surface area contributed by atoms with Crippen LogP contribution < -0.4 is 0 Å². The minimum Gasteiger partial charge on any atom is -0.312 e. The molecule has 0 spiro atoms. The maximum Gasteiger partial charge on any atom is 0.161 e. The minimum absolute atomic E-state index is 0.0581. The van der Waals surface area contributed by atoms with E-state index in [-0.39, 0.29) is 5.41 Å². The van der Waals surface area contributed by atoms with Crippen LogP contribution in [-0.4, -0.2) is 20.3 Å². The van der Waals surface area contributed by atoms with Crippen molar-refractivity contribution >= 4 is 28.5 Å². The lowest BCUT2D eigenvalue weighted by atomic mass is 9.88. The summed E-state index contributed by atoms with van der Waals surface area (Å²) in [4.78, 5) is 21.2. The molecule has 0 aromatic carbocycles. The molecule has 24 heavy (non-hydrogen) atoms.